The van der Waals surface area contributed by atoms with Crippen LogP contribution in [0.2, 0.25) is 0 Å². The van der Waals surface area contributed by atoms with Crippen LogP contribution in [0.15, 0.2) is 164 Å². The van der Waals surface area contributed by atoms with Crippen LogP contribution in [0.4, 0.5) is 0 Å². The molecule has 0 saturated carbocycles. The summed E-state index contributed by atoms with van der Waals surface area (Å²) in [4.78, 5) is 0. The number of methoxy groups -OCH3 is 2. The molecule has 0 aliphatic carbocycles. The second-order valence-electron chi connectivity index (χ2n) is 10.2. The summed E-state index contributed by atoms with van der Waals surface area (Å²) in [5, 5.41) is 17.7. The predicted molar refractivity (Wildman–Crippen MR) is 187 cm³/mol. The molecule has 0 spiro atoms. The van der Waals surface area contributed by atoms with Crippen molar-refractivity contribution in [3.63, 3.8) is 0 Å². The van der Waals surface area contributed by atoms with E-state index in [1.807, 2.05) is 72.8 Å². The molecule has 4 nitrogen and oxygen atoms in total. The van der Waals surface area contributed by atoms with Crippen molar-refractivity contribution in [3.05, 3.63) is 164 Å². The van der Waals surface area contributed by atoms with Crippen LogP contribution >= 0.6 is 14.1 Å². The maximum atomic E-state index is 11.8. The van der Waals surface area contributed by atoms with Crippen LogP contribution < -0.4 is 45.5 Å². The zero-order valence-electron chi connectivity index (χ0n) is 24.7. The van der Waals surface area contributed by atoms with Gasteiger partial charge in [-0.15, -0.1) is 4.17 Å². The van der Waals surface area contributed by atoms with Gasteiger partial charge in [-0.05, 0) is 72.8 Å². The molecule has 0 aliphatic heterocycles. The van der Waals surface area contributed by atoms with Gasteiger partial charge in [0.1, 0.15) is 17.2 Å². The van der Waals surface area contributed by atoms with E-state index in [0.717, 1.165) is 31.8 Å². The molecule has 0 radical (unpaired) electrons. The van der Waals surface area contributed by atoms with Crippen LogP contribution in [0, 0.1) is 0 Å². The van der Waals surface area contributed by atoms with Crippen molar-refractivity contribution in [1.82, 2.24) is 4.17 Å². The molecule has 0 atom stereocenters. The van der Waals surface area contributed by atoms with E-state index in [2.05, 4.69) is 84.9 Å². The van der Waals surface area contributed by atoms with E-state index < -0.39 is 14.1 Å². The van der Waals surface area contributed by atoms with Gasteiger partial charge in [0.05, 0.1) is 46.0 Å². The van der Waals surface area contributed by atoms with E-state index in [1.54, 1.807) is 20.3 Å². The van der Waals surface area contributed by atoms with Gasteiger partial charge in [0, 0.05) is 0 Å². The molecule has 0 bridgehead atoms. The fraction of sp³-hybridized carbons (Fsp3) is 0.0526. The molecule has 0 saturated heterocycles. The van der Waals surface area contributed by atoms with Crippen LogP contribution in [0.3, 0.4) is 0 Å². The SMILES string of the molecule is COc1ccccc1P(=[N+]=P(c1ccccc1)(c1ccccc1)c1ccccc1)(c1ccccc1O)c1ccccc1OC. The summed E-state index contributed by atoms with van der Waals surface area (Å²) < 4.78 is 18.5. The summed E-state index contributed by atoms with van der Waals surface area (Å²) in [5.74, 6) is 1.57. The Balaban J connectivity index is 2.10. The standard InChI is InChI=1S/C38H33NO3P2/c1-41-34-25-13-16-28-37(34)44(36-27-15-12-24-33(36)40,38-29-17-14-26-35(38)42-2)39-43(30-18-6-3-7-19-30,31-20-8-4-9-21-31)32-22-10-5-11-23-32/h3-29H,1-2H3/p+1. The van der Waals surface area contributed by atoms with Gasteiger partial charge in [-0.3, -0.25) is 0 Å². The predicted octanol–water partition coefficient (Wildman–Crippen LogP) is 6.13. The maximum Gasteiger partial charge on any atom is 0.312 e. The smallest absolute Gasteiger partial charge is 0.312 e. The van der Waals surface area contributed by atoms with Gasteiger partial charge in [0.2, 0.25) is 0 Å². The molecule has 6 aromatic rings. The Hall–Kier alpha value is -4.71. The Labute approximate surface area is 259 Å². The number of hydrogen-bond acceptors (Lipinski definition) is 3. The van der Waals surface area contributed by atoms with Gasteiger partial charge >= 0.3 is 14.1 Å². The van der Waals surface area contributed by atoms with Crippen molar-refractivity contribution in [2.75, 3.05) is 14.2 Å². The minimum atomic E-state index is -3.14. The highest BCUT2D eigenvalue weighted by Crippen LogP contribution is 2.54. The van der Waals surface area contributed by atoms with Gasteiger partial charge in [0.25, 0.3) is 0 Å². The number of aromatic hydroxyl groups is 1. The number of para-hydroxylation sites is 3. The summed E-state index contributed by atoms with van der Waals surface area (Å²) in [7, 11) is -2.56. The first-order chi connectivity index (χ1) is 21.6. The van der Waals surface area contributed by atoms with Crippen molar-refractivity contribution in [2.45, 2.75) is 0 Å². The zero-order valence-corrected chi connectivity index (χ0v) is 26.5. The van der Waals surface area contributed by atoms with Crippen LogP contribution in [0.25, 0.3) is 0 Å². The van der Waals surface area contributed by atoms with Crippen molar-refractivity contribution < 1.29 is 14.6 Å². The van der Waals surface area contributed by atoms with Gasteiger partial charge in [-0.25, -0.2) is 0 Å². The highest BCUT2D eigenvalue weighted by Gasteiger charge is 2.48. The number of rotatable bonds is 8. The third-order valence-corrected chi connectivity index (χ3v) is 16.2. The monoisotopic (exact) mass is 614 g/mol. The third-order valence-electron chi connectivity index (χ3n) is 7.76. The zero-order chi connectivity index (χ0) is 30.4. The molecule has 44 heavy (non-hydrogen) atoms. The Morgan fingerprint density at radius 2 is 0.750 bits per heavy atom. The minimum absolute atomic E-state index is 0.175. The average Bonchev–Trinajstić information content (AvgIpc) is 3.11. The Morgan fingerprint density at radius 3 is 1.14 bits per heavy atom. The van der Waals surface area contributed by atoms with Crippen molar-refractivity contribution >= 4 is 45.9 Å². The van der Waals surface area contributed by atoms with E-state index in [4.69, 9.17) is 13.6 Å². The van der Waals surface area contributed by atoms with Crippen molar-refractivity contribution in [3.8, 4) is 17.2 Å². The second kappa shape index (κ2) is 12.9. The van der Waals surface area contributed by atoms with Crippen molar-refractivity contribution in [2.24, 2.45) is 0 Å². The molecule has 0 aromatic heterocycles. The Kier molecular flexibility index (Phi) is 8.60. The lowest BCUT2D eigenvalue weighted by molar-refractivity contribution is 0.417. The molecule has 0 unspecified atom stereocenters. The molecule has 0 fully saturated rings. The fourth-order valence-corrected chi connectivity index (χ4v) is 15.6. The maximum absolute atomic E-state index is 11.8. The number of phenols is 1. The molecule has 218 valence electrons. The van der Waals surface area contributed by atoms with E-state index in [9.17, 15) is 5.11 Å². The summed E-state index contributed by atoms with van der Waals surface area (Å²) in [6.45, 7) is 0. The fourth-order valence-electron chi connectivity index (χ4n) is 5.80. The van der Waals surface area contributed by atoms with Gasteiger partial charge in [0.15, 0.2) is 0 Å². The lowest BCUT2D eigenvalue weighted by Crippen LogP contribution is -2.32. The first-order valence-electron chi connectivity index (χ1n) is 14.4. The lowest BCUT2D eigenvalue weighted by atomic mass is 10.3. The number of ether oxygens (including phenoxy) is 2. The molecule has 0 amide bonds. The van der Waals surface area contributed by atoms with Crippen LogP contribution in [-0.4, -0.2) is 19.3 Å². The molecule has 6 heteroatoms. The second-order valence-corrected chi connectivity index (χ2v) is 16.5. The molecular weight excluding hydrogens is 580 g/mol. The van der Waals surface area contributed by atoms with E-state index in [1.165, 1.54) is 0 Å². The van der Waals surface area contributed by atoms with Gasteiger partial charge in [-0.2, -0.15) is 0 Å². The first-order valence-corrected chi connectivity index (χ1v) is 17.9. The molecule has 6 aromatic carbocycles. The summed E-state index contributed by atoms with van der Waals surface area (Å²) in [6.07, 6.45) is 0. The summed E-state index contributed by atoms with van der Waals surface area (Å²) >= 11 is 0. The third kappa shape index (κ3) is 5.08. The number of benzene rings is 6. The number of hydrogen-bond donors (Lipinski definition) is 1. The molecule has 6 rings (SSSR count). The molecular formula is C38H34NO3P2+. The van der Waals surface area contributed by atoms with Crippen LogP contribution in [-0.2, 0) is 0 Å². The molecule has 1 N–H and O–H groups in total. The lowest BCUT2D eigenvalue weighted by Gasteiger charge is -2.23. The highest BCUT2D eigenvalue weighted by atomic mass is 31.2. The summed E-state index contributed by atoms with van der Waals surface area (Å²) in [6, 6.07) is 55.4. The van der Waals surface area contributed by atoms with Crippen LogP contribution in [0.1, 0.15) is 0 Å². The number of nitrogens with zero attached hydrogens (tertiary/aromatic N) is 1. The topological polar surface area (TPSA) is 52.8 Å². The average molecular weight is 615 g/mol. The van der Waals surface area contributed by atoms with Crippen LogP contribution in [0.5, 0.6) is 17.2 Å². The first kappa shape index (κ1) is 29.4. The molecule has 0 aliphatic rings. The Morgan fingerprint density at radius 1 is 0.409 bits per heavy atom. The van der Waals surface area contributed by atoms with E-state index in [-0.39, 0.29) is 5.75 Å². The molecule has 0 heterocycles. The highest BCUT2D eigenvalue weighted by molar-refractivity contribution is 7.94. The Bertz CT molecular complexity index is 1850. The number of phenolic OH excluding ortho intramolecular Hbond substituents is 1. The minimum Gasteiger partial charge on any atom is -0.507 e. The van der Waals surface area contributed by atoms with E-state index in [0.29, 0.717) is 11.5 Å². The van der Waals surface area contributed by atoms with Gasteiger partial charge in [-0.1, -0.05) is 91.0 Å². The summed E-state index contributed by atoms with van der Waals surface area (Å²) in [5.41, 5.74) is 0. The quantitative estimate of drug-likeness (QED) is 0.166. The largest absolute Gasteiger partial charge is 0.507 e. The van der Waals surface area contributed by atoms with E-state index >= 15 is 0 Å². The van der Waals surface area contributed by atoms with Crippen molar-refractivity contribution in [1.29, 1.82) is 0 Å². The van der Waals surface area contributed by atoms with Gasteiger partial charge < -0.3 is 14.6 Å². The normalized spacial score (nSPS) is 11.4.